The zero-order valence-corrected chi connectivity index (χ0v) is 16.7. The molecule has 162 valence electrons. The van der Waals surface area contributed by atoms with Crippen molar-refractivity contribution < 1.29 is 17.9 Å². The van der Waals surface area contributed by atoms with Crippen LogP contribution in [0.1, 0.15) is 17.7 Å². The second-order valence-electron chi connectivity index (χ2n) is 6.89. The van der Waals surface area contributed by atoms with Gasteiger partial charge in [0, 0.05) is 42.6 Å². The standard InChI is InChI=1S/C22H17F3N6O/c23-22(24,25)32-18-7-4-16(5-8-18)19-14-31-11-10-28-21(31)20(30-19)27-9-1-2-17-6-3-15(12-26)13-29-17/h3-8,10-11,13-14H,1-2,9H2,(H,27,30). The van der Waals surface area contributed by atoms with Crippen molar-refractivity contribution in [3.63, 3.8) is 0 Å². The molecule has 0 spiro atoms. The number of fused-ring (bicyclic) bond motifs is 1. The van der Waals surface area contributed by atoms with Crippen molar-refractivity contribution in [1.82, 2.24) is 19.4 Å². The van der Waals surface area contributed by atoms with Crippen LogP contribution >= 0.6 is 0 Å². The van der Waals surface area contributed by atoms with Crippen LogP contribution in [0.5, 0.6) is 5.75 Å². The van der Waals surface area contributed by atoms with Crippen LogP contribution in [-0.2, 0) is 6.42 Å². The predicted molar refractivity (Wildman–Crippen MR) is 111 cm³/mol. The van der Waals surface area contributed by atoms with Crippen LogP contribution in [-0.4, -0.2) is 32.3 Å². The van der Waals surface area contributed by atoms with Gasteiger partial charge in [0.25, 0.3) is 0 Å². The molecule has 0 aliphatic rings. The van der Waals surface area contributed by atoms with Gasteiger partial charge in [0.15, 0.2) is 11.5 Å². The number of rotatable bonds is 7. The van der Waals surface area contributed by atoms with E-state index in [0.717, 1.165) is 18.5 Å². The van der Waals surface area contributed by atoms with Crippen LogP contribution in [0.3, 0.4) is 0 Å². The molecule has 3 heterocycles. The van der Waals surface area contributed by atoms with E-state index in [9.17, 15) is 13.2 Å². The minimum atomic E-state index is -4.74. The summed E-state index contributed by atoms with van der Waals surface area (Å²) in [6.45, 7) is 0.610. The molecule has 0 saturated carbocycles. The van der Waals surface area contributed by atoms with E-state index in [1.807, 2.05) is 12.1 Å². The van der Waals surface area contributed by atoms with Crippen molar-refractivity contribution in [2.45, 2.75) is 19.2 Å². The number of aryl methyl sites for hydroxylation is 1. The van der Waals surface area contributed by atoms with Gasteiger partial charge in [-0.25, -0.2) is 9.97 Å². The zero-order chi connectivity index (χ0) is 22.6. The summed E-state index contributed by atoms with van der Waals surface area (Å²) in [6.07, 6.45) is 3.49. The van der Waals surface area contributed by atoms with Crippen molar-refractivity contribution in [2.75, 3.05) is 11.9 Å². The Kier molecular flexibility index (Phi) is 5.89. The van der Waals surface area contributed by atoms with Crippen molar-refractivity contribution in [3.8, 4) is 23.1 Å². The second-order valence-corrected chi connectivity index (χ2v) is 6.89. The number of benzene rings is 1. The molecule has 0 fully saturated rings. The Bertz CT molecular complexity index is 1240. The molecule has 1 N–H and O–H groups in total. The Balaban J connectivity index is 1.46. The van der Waals surface area contributed by atoms with Crippen LogP contribution in [0.25, 0.3) is 16.9 Å². The Labute approximate surface area is 181 Å². The van der Waals surface area contributed by atoms with Crippen molar-refractivity contribution in [1.29, 1.82) is 5.26 Å². The fourth-order valence-corrected chi connectivity index (χ4v) is 3.13. The highest BCUT2D eigenvalue weighted by Gasteiger charge is 2.31. The number of imidazole rings is 1. The van der Waals surface area contributed by atoms with Crippen molar-refractivity contribution in [2.24, 2.45) is 0 Å². The number of nitrogens with zero attached hydrogens (tertiary/aromatic N) is 5. The van der Waals surface area contributed by atoms with E-state index in [1.165, 1.54) is 24.3 Å². The summed E-state index contributed by atoms with van der Waals surface area (Å²) < 4.78 is 42.8. The number of ether oxygens (including phenoxy) is 1. The zero-order valence-electron chi connectivity index (χ0n) is 16.7. The first-order chi connectivity index (χ1) is 15.4. The first kappa shape index (κ1) is 21.1. The molecule has 32 heavy (non-hydrogen) atoms. The predicted octanol–water partition coefficient (Wildman–Crippen LogP) is 4.61. The third-order valence-corrected chi connectivity index (χ3v) is 4.61. The summed E-state index contributed by atoms with van der Waals surface area (Å²) in [6, 6.07) is 11.1. The van der Waals surface area contributed by atoms with Crippen LogP contribution in [0.2, 0.25) is 0 Å². The Hall–Kier alpha value is -4.13. The molecule has 0 atom stereocenters. The summed E-state index contributed by atoms with van der Waals surface area (Å²) in [7, 11) is 0. The normalized spacial score (nSPS) is 11.3. The summed E-state index contributed by atoms with van der Waals surface area (Å²) in [5.41, 5.74) is 3.26. The van der Waals surface area contributed by atoms with Crippen LogP contribution in [0.4, 0.5) is 19.0 Å². The van der Waals surface area contributed by atoms with E-state index in [-0.39, 0.29) is 5.75 Å². The molecule has 1 aromatic carbocycles. The summed E-state index contributed by atoms with van der Waals surface area (Å²) >= 11 is 0. The quantitative estimate of drug-likeness (QED) is 0.424. The number of halogens is 3. The fraction of sp³-hybridized carbons (Fsp3) is 0.182. The molecule has 10 heteroatoms. The molecule has 0 unspecified atom stereocenters. The van der Waals surface area contributed by atoms with Crippen LogP contribution in [0.15, 0.2) is 61.2 Å². The molecule has 0 aliphatic carbocycles. The third kappa shape index (κ3) is 5.13. The monoisotopic (exact) mass is 438 g/mol. The molecule has 4 aromatic rings. The molecule has 0 bridgehead atoms. The fourth-order valence-electron chi connectivity index (χ4n) is 3.13. The smallest absolute Gasteiger partial charge is 0.406 e. The number of alkyl halides is 3. The van der Waals surface area contributed by atoms with Gasteiger partial charge >= 0.3 is 6.36 Å². The molecule has 3 aromatic heterocycles. The Morgan fingerprint density at radius 3 is 2.59 bits per heavy atom. The molecular formula is C22H17F3N6O. The summed E-state index contributed by atoms with van der Waals surface area (Å²) in [4.78, 5) is 13.2. The highest BCUT2D eigenvalue weighted by Crippen LogP contribution is 2.27. The van der Waals surface area contributed by atoms with Gasteiger partial charge in [-0.1, -0.05) is 0 Å². The van der Waals surface area contributed by atoms with Gasteiger partial charge in [-0.3, -0.25) is 4.98 Å². The Morgan fingerprint density at radius 2 is 1.91 bits per heavy atom. The van der Waals surface area contributed by atoms with Gasteiger partial charge in [0.05, 0.1) is 11.3 Å². The minimum Gasteiger partial charge on any atom is -0.406 e. The minimum absolute atomic E-state index is 0.292. The summed E-state index contributed by atoms with van der Waals surface area (Å²) in [5.74, 6) is 0.274. The number of anilines is 1. The summed E-state index contributed by atoms with van der Waals surface area (Å²) in [5, 5.41) is 12.1. The second kappa shape index (κ2) is 8.93. The highest BCUT2D eigenvalue weighted by atomic mass is 19.4. The number of pyridine rings is 1. The van der Waals surface area contributed by atoms with E-state index in [2.05, 4.69) is 25.0 Å². The first-order valence-corrected chi connectivity index (χ1v) is 9.70. The number of hydrogen-bond donors (Lipinski definition) is 1. The largest absolute Gasteiger partial charge is 0.573 e. The van der Waals surface area contributed by atoms with Crippen LogP contribution in [0, 0.1) is 11.3 Å². The van der Waals surface area contributed by atoms with Gasteiger partial charge < -0.3 is 14.5 Å². The number of nitrogens with one attached hydrogen (secondary N) is 1. The number of aromatic nitrogens is 4. The lowest BCUT2D eigenvalue weighted by molar-refractivity contribution is -0.274. The van der Waals surface area contributed by atoms with E-state index in [0.29, 0.717) is 34.8 Å². The van der Waals surface area contributed by atoms with Crippen molar-refractivity contribution in [3.05, 3.63) is 72.4 Å². The van der Waals surface area contributed by atoms with E-state index in [4.69, 9.17) is 5.26 Å². The molecule has 4 rings (SSSR count). The van der Waals surface area contributed by atoms with E-state index >= 15 is 0 Å². The average Bonchev–Trinajstić information content (AvgIpc) is 3.25. The lowest BCUT2D eigenvalue weighted by Crippen LogP contribution is -2.16. The van der Waals surface area contributed by atoms with Gasteiger partial charge in [0.1, 0.15) is 11.8 Å². The maximum absolute atomic E-state index is 12.4. The molecular weight excluding hydrogens is 421 g/mol. The van der Waals surface area contributed by atoms with Gasteiger partial charge in [-0.2, -0.15) is 5.26 Å². The molecule has 0 saturated heterocycles. The number of hydrogen-bond acceptors (Lipinski definition) is 6. The molecule has 0 amide bonds. The van der Waals surface area contributed by atoms with Crippen LogP contribution < -0.4 is 10.1 Å². The van der Waals surface area contributed by atoms with Gasteiger partial charge in [-0.15, -0.1) is 13.2 Å². The van der Waals surface area contributed by atoms with Gasteiger partial charge in [-0.05, 0) is 49.2 Å². The third-order valence-electron chi connectivity index (χ3n) is 4.61. The van der Waals surface area contributed by atoms with Gasteiger partial charge in [0.2, 0.25) is 0 Å². The maximum Gasteiger partial charge on any atom is 0.573 e. The highest BCUT2D eigenvalue weighted by molar-refractivity contribution is 5.69. The molecule has 7 nitrogen and oxygen atoms in total. The maximum atomic E-state index is 12.4. The molecule has 0 radical (unpaired) electrons. The molecule has 0 aliphatic heterocycles. The average molecular weight is 438 g/mol. The number of nitriles is 1. The van der Waals surface area contributed by atoms with E-state index in [1.54, 1.807) is 35.3 Å². The van der Waals surface area contributed by atoms with E-state index < -0.39 is 6.36 Å². The lowest BCUT2D eigenvalue weighted by atomic mass is 10.1. The topological polar surface area (TPSA) is 88.1 Å². The van der Waals surface area contributed by atoms with Crippen molar-refractivity contribution >= 4 is 11.5 Å². The SMILES string of the molecule is N#Cc1ccc(CCCNc2nc(-c3ccc(OC(F)(F)F)cc3)cn3ccnc23)nc1. The lowest BCUT2D eigenvalue weighted by Gasteiger charge is -2.11. The Morgan fingerprint density at radius 1 is 1.09 bits per heavy atom. The first-order valence-electron chi connectivity index (χ1n) is 9.70.